The largest absolute Gasteiger partial charge is 0.497 e. The van der Waals surface area contributed by atoms with Crippen LogP contribution in [-0.2, 0) is 9.53 Å². The van der Waals surface area contributed by atoms with Crippen molar-refractivity contribution in [2.24, 2.45) is 5.73 Å². The lowest BCUT2D eigenvalue weighted by molar-refractivity contribution is -0.125. The second kappa shape index (κ2) is 5.24. The number of hydrogen-bond acceptors (Lipinski definition) is 5. The van der Waals surface area contributed by atoms with E-state index in [0.29, 0.717) is 16.9 Å². The van der Waals surface area contributed by atoms with Gasteiger partial charge in [0.15, 0.2) is 6.10 Å². The first-order chi connectivity index (χ1) is 9.43. The molecule has 0 aliphatic carbocycles. The quantitative estimate of drug-likeness (QED) is 0.860. The average molecular weight is 277 g/mol. The number of esters is 1. The van der Waals surface area contributed by atoms with Gasteiger partial charge in [0.25, 0.3) is 5.91 Å². The van der Waals surface area contributed by atoms with E-state index in [-0.39, 0.29) is 5.76 Å². The molecule has 1 atom stereocenters. The van der Waals surface area contributed by atoms with Crippen LogP contribution >= 0.6 is 0 Å². The molecule has 1 aromatic heterocycles. The zero-order valence-electron chi connectivity index (χ0n) is 11.4. The maximum absolute atomic E-state index is 11.9. The van der Waals surface area contributed by atoms with Gasteiger partial charge in [-0.05, 0) is 32.0 Å². The van der Waals surface area contributed by atoms with E-state index in [2.05, 4.69) is 0 Å². The number of methoxy groups -OCH3 is 1. The van der Waals surface area contributed by atoms with Gasteiger partial charge >= 0.3 is 5.97 Å². The zero-order valence-corrected chi connectivity index (χ0v) is 11.4. The molecule has 6 heteroatoms. The SMILES string of the molecule is COc1ccc2oc(C(=O)O[C@H](C)C(N)=O)c(C)c2c1. The molecule has 0 bridgehead atoms. The summed E-state index contributed by atoms with van der Waals surface area (Å²) in [6.45, 7) is 3.14. The van der Waals surface area contributed by atoms with E-state index >= 15 is 0 Å². The molecule has 106 valence electrons. The summed E-state index contributed by atoms with van der Waals surface area (Å²) in [6.07, 6.45) is -1.01. The maximum Gasteiger partial charge on any atom is 0.375 e. The fraction of sp³-hybridized carbons (Fsp3) is 0.286. The zero-order chi connectivity index (χ0) is 14.9. The third kappa shape index (κ3) is 2.45. The van der Waals surface area contributed by atoms with E-state index in [4.69, 9.17) is 19.6 Å². The molecule has 0 unspecified atom stereocenters. The Labute approximate surface area is 115 Å². The summed E-state index contributed by atoms with van der Waals surface area (Å²) in [6, 6.07) is 5.20. The minimum atomic E-state index is -1.01. The highest BCUT2D eigenvalue weighted by molar-refractivity contribution is 5.97. The number of carbonyl (C=O) groups is 2. The molecule has 2 aromatic rings. The summed E-state index contributed by atoms with van der Waals surface area (Å²) in [5.41, 5.74) is 6.22. The number of nitrogens with two attached hydrogens (primary N) is 1. The molecule has 2 rings (SSSR count). The molecule has 1 aromatic carbocycles. The molecular weight excluding hydrogens is 262 g/mol. The molecular formula is C14H15NO5. The van der Waals surface area contributed by atoms with Crippen LogP contribution in [0.2, 0.25) is 0 Å². The molecule has 0 aliphatic rings. The van der Waals surface area contributed by atoms with Crippen molar-refractivity contribution in [3.63, 3.8) is 0 Å². The van der Waals surface area contributed by atoms with E-state index in [9.17, 15) is 9.59 Å². The number of rotatable bonds is 4. The normalized spacial score (nSPS) is 12.2. The molecule has 1 heterocycles. The number of ether oxygens (including phenoxy) is 2. The first kappa shape index (κ1) is 13.9. The lowest BCUT2D eigenvalue weighted by Crippen LogP contribution is -2.30. The molecule has 0 fully saturated rings. The van der Waals surface area contributed by atoms with Crippen molar-refractivity contribution >= 4 is 22.8 Å². The lowest BCUT2D eigenvalue weighted by Gasteiger charge is -2.07. The molecule has 0 saturated carbocycles. The van der Waals surface area contributed by atoms with Crippen LogP contribution in [0.15, 0.2) is 22.6 Å². The average Bonchev–Trinajstić information content (AvgIpc) is 2.75. The van der Waals surface area contributed by atoms with Crippen molar-refractivity contribution in [1.82, 2.24) is 0 Å². The summed E-state index contributed by atoms with van der Waals surface area (Å²) < 4.78 is 15.5. The van der Waals surface area contributed by atoms with Gasteiger partial charge in [0.1, 0.15) is 11.3 Å². The van der Waals surface area contributed by atoms with Crippen molar-refractivity contribution in [2.75, 3.05) is 7.11 Å². The minimum Gasteiger partial charge on any atom is -0.497 e. The Hall–Kier alpha value is -2.50. The standard InChI is InChI=1S/C14H15NO5/c1-7-10-6-9(18-3)4-5-11(10)20-12(7)14(17)19-8(2)13(15)16/h4-6,8H,1-3H3,(H2,15,16)/t8-/m1/s1. The Morgan fingerprint density at radius 1 is 1.35 bits per heavy atom. The van der Waals surface area contributed by atoms with Crippen LogP contribution in [0, 0.1) is 6.92 Å². The number of amides is 1. The van der Waals surface area contributed by atoms with Gasteiger partial charge in [-0.1, -0.05) is 0 Å². The molecule has 0 radical (unpaired) electrons. The number of furan rings is 1. The van der Waals surface area contributed by atoms with Crippen molar-refractivity contribution in [3.05, 3.63) is 29.5 Å². The summed E-state index contributed by atoms with van der Waals surface area (Å²) in [5.74, 6) is -0.717. The van der Waals surface area contributed by atoms with Gasteiger partial charge in [0, 0.05) is 10.9 Å². The first-order valence-electron chi connectivity index (χ1n) is 6.01. The maximum atomic E-state index is 11.9. The van der Waals surface area contributed by atoms with Gasteiger partial charge in [-0.25, -0.2) is 4.79 Å². The summed E-state index contributed by atoms with van der Waals surface area (Å²) in [4.78, 5) is 22.9. The molecule has 2 N–H and O–H groups in total. The highest BCUT2D eigenvalue weighted by Crippen LogP contribution is 2.29. The molecule has 20 heavy (non-hydrogen) atoms. The minimum absolute atomic E-state index is 0.0568. The van der Waals surface area contributed by atoms with E-state index in [1.165, 1.54) is 6.92 Å². The summed E-state index contributed by atoms with van der Waals surface area (Å²) >= 11 is 0. The number of benzene rings is 1. The van der Waals surface area contributed by atoms with Crippen molar-refractivity contribution in [2.45, 2.75) is 20.0 Å². The van der Waals surface area contributed by atoms with E-state index in [1.54, 1.807) is 32.2 Å². The fourth-order valence-corrected chi connectivity index (χ4v) is 1.79. The van der Waals surface area contributed by atoms with Gasteiger partial charge in [-0.2, -0.15) is 0 Å². The van der Waals surface area contributed by atoms with Crippen LogP contribution in [0.5, 0.6) is 5.75 Å². The molecule has 1 amide bonds. The Morgan fingerprint density at radius 3 is 2.65 bits per heavy atom. The van der Waals surface area contributed by atoms with Gasteiger partial charge in [-0.3, -0.25) is 4.79 Å². The van der Waals surface area contributed by atoms with Crippen molar-refractivity contribution in [3.8, 4) is 5.75 Å². The van der Waals surface area contributed by atoms with Crippen molar-refractivity contribution < 1.29 is 23.5 Å². The first-order valence-corrected chi connectivity index (χ1v) is 6.01. The van der Waals surface area contributed by atoms with Crippen LogP contribution < -0.4 is 10.5 Å². The van der Waals surface area contributed by atoms with Gasteiger partial charge in [-0.15, -0.1) is 0 Å². The highest BCUT2D eigenvalue weighted by atomic mass is 16.6. The predicted octanol–water partition coefficient (Wildman–Crippen LogP) is 1.78. The topological polar surface area (TPSA) is 91.8 Å². The Balaban J connectivity index is 2.37. The molecule has 0 aliphatic heterocycles. The second-order valence-electron chi connectivity index (χ2n) is 4.37. The number of aryl methyl sites for hydroxylation is 1. The van der Waals surface area contributed by atoms with Gasteiger partial charge in [0.2, 0.25) is 5.76 Å². The van der Waals surface area contributed by atoms with Crippen LogP contribution in [0.3, 0.4) is 0 Å². The van der Waals surface area contributed by atoms with Crippen molar-refractivity contribution in [1.29, 1.82) is 0 Å². The smallest absolute Gasteiger partial charge is 0.375 e. The fourth-order valence-electron chi connectivity index (χ4n) is 1.79. The lowest BCUT2D eigenvalue weighted by atomic mass is 10.1. The molecule has 0 spiro atoms. The summed E-state index contributed by atoms with van der Waals surface area (Å²) in [7, 11) is 1.56. The molecule has 6 nitrogen and oxygen atoms in total. The van der Waals surface area contributed by atoms with Crippen LogP contribution in [0.25, 0.3) is 11.0 Å². The number of primary amides is 1. The number of hydrogen-bond donors (Lipinski definition) is 1. The Bertz CT molecular complexity index is 673. The van der Waals surface area contributed by atoms with Gasteiger partial charge in [0.05, 0.1) is 7.11 Å². The number of carbonyl (C=O) groups excluding carboxylic acids is 2. The van der Waals surface area contributed by atoms with Gasteiger partial charge < -0.3 is 19.6 Å². The van der Waals surface area contributed by atoms with E-state index in [0.717, 1.165) is 5.39 Å². The third-order valence-electron chi connectivity index (χ3n) is 3.01. The third-order valence-corrected chi connectivity index (χ3v) is 3.01. The monoisotopic (exact) mass is 277 g/mol. The van der Waals surface area contributed by atoms with Crippen LogP contribution in [-0.4, -0.2) is 25.1 Å². The van der Waals surface area contributed by atoms with Crippen LogP contribution in [0.1, 0.15) is 23.0 Å². The highest BCUT2D eigenvalue weighted by Gasteiger charge is 2.23. The Kier molecular flexibility index (Phi) is 3.65. The number of fused-ring (bicyclic) bond motifs is 1. The molecule has 0 saturated heterocycles. The Morgan fingerprint density at radius 2 is 2.05 bits per heavy atom. The van der Waals surface area contributed by atoms with E-state index in [1.807, 2.05) is 0 Å². The summed E-state index contributed by atoms with van der Waals surface area (Å²) in [5, 5.41) is 0.753. The second-order valence-corrected chi connectivity index (χ2v) is 4.37. The van der Waals surface area contributed by atoms with E-state index < -0.39 is 18.0 Å². The van der Waals surface area contributed by atoms with Crippen LogP contribution in [0.4, 0.5) is 0 Å². The predicted molar refractivity (Wildman–Crippen MR) is 71.6 cm³/mol.